The first-order valence-electron chi connectivity index (χ1n) is 3.44. The molecule has 0 bridgehead atoms. The average Bonchev–Trinajstić information content (AvgIpc) is 2.16. The van der Waals surface area contributed by atoms with Crippen LogP contribution in [0.1, 0.15) is 10.4 Å². The van der Waals surface area contributed by atoms with E-state index in [9.17, 15) is 14.9 Å². The lowest BCUT2D eigenvalue weighted by atomic mass is 10.3. The third-order valence-corrected chi connectivity index (χ3v) is 1.77. The fourth-order valence-corrected chi connectivity index (χ4v) is 1.02. The van der Waals surface area contributed by atoms with Crippen molar-refractivity contribution in [3.8, 4) is 5.88 Å². The Morgan fingerprint density at radius 3 is 2.79 bits per heavy atom. The molecule has 0 aliphatic carbocycles. The molecule has 1 aromatic heterocycles. The molecule has 74 valence electrons. The van der Waals surface area contributed by atoms with Gasteiger partial charge in [0.05, 0.1) is 17.6 Å². The van der Waals surface area contributed by atoms with Gasteiger partial charge in [-0.2, -0.15) is 4.98 Å². The molecule has 7 heteroatoms. The summed E-state index contributed by atoms with van der Waals surface area (Å²) < 4.78 is 4.63. The Morgan fingerprint density at radius 1 is 1.71 bits per heavy atom. The van der Waals surface area contributed by atoms with Gasteiger partial charge in [-0.25, -0.2) is 0 Å². The van der Waals surface area contributed by atoms with Crippen molar-refractivity contribution in [1.82, 2.24) is 4.98 Å². The number of ether oxygens (including phenoxy) is 1. The predicted octanol–water partition coefficient (Wildman–Crippen LogP) is 1.46. The smallest absolute Gasteiger partial charge is 0.331 e. The van der Waals surface area contributed by atoms with E-state index in [0.29, 0.717) is 6.29 Å². The van der Waals surface area contributed by atoms with Gasteiger partial charge >= 0.3 is 5.69 Å². The number of hydrogen-bond donors (Lipinski definition) is 0. The largest absolute Gasteiger partial charge is 0.476 e. The SMILES string of the molecule is COc1nc(Cl)c(C=O)cc1[N+](=O)[O-]. The van der Waals surface area contributed by atoms with E-state index in [4.69, 9.17) is 11.6 Å². The summed E-state index contributed by atoms with van der Waals surface area (Å²) in [6.45, 7) is 0. The molecule has 0 radical (unpaired) electrons. The fourth-order valence-electron chi connectivity index (χ4n) is 0.843. The highest BCUT2D eigenvalue weighted by atomic mass is 35.5. The van der Waals surface area contributed by atoms with E-state index in [1.165, 1.54) is 7.11 Å². The van der Waals surface area contributed by atoms with Crippen molar-refractivity contribution in [2.75, 3.05) is 7.11 Å². The number of pyridine rings is 1. The third-order valence-electron chi connectivity index (χ3n) is 1.47. The van der Waals surface area contributed by atoms with Crippen LogP contribution < -0.4 is 4.74 Å². The van der Waals surface area contributed by atoms with Crippen molar-refractivity contribution in [3.63, 3.8) is 0 Å². The van der Waals surface area contributed by atoms with Gasteiger partial charge in [0, 0.05) is 6.07 Å². The lowest BCUT2D eigenvalue weighted by molar-refractivity contribution is -0.386. The second kappa shape index (κ2) is 4.01. The van der Waals surface area contributed by atoms with Gasteiger partial charge in [0.2, 0.25) is 0 Å². The molecule has 0 aliphatic heterocycles. The van der Waals surface area contributed by atoms with E-state index >= 15 is 0 Å². The van der Waals surface area contributed by atoms with E-state index in [-0.39, 0.29) is 22.3 Å². The predicted molar refractivity (Wildman–Crippen MR) is 47.8 cm³/mol. The van der Waals surface area contributed by atoms with Crippen LogP contribution >= 0.6 is 11.6 Å². The first-order valence-corrected chi connectivity index (χ1v) is 3.82. The van der Waals surface area contributed by atoms with Gasteiger partial charge in [0.1, 0.15) is 5.15 Å². The van der Waals surface area contributed by atoms with Gasteiger partial charge in [0.15, 0.2) is 6.29 Å². The molecule has 0 unspecified atom stereocenters. The lowest BCUT2D eigenvalue weighted by Crippen LogP contribution is -1.99. The number of methoxy groups -OCH3 is 1. The number of hydrogen-bond acceptors (Lipinski definition) is 5. The van der Waals surface area contributed by atoms with Crippen molar-refractivity contribution in [1.29, 1.82) is 0 Å². The molecule has 0 aromatic carbocycles. The van der Waals surface area contributed by atoms with Gasteiger partial charge in [0.25, 0.3) is 5.88 Å². The summed E-state index contributed by atoms with van der Waals surface area (Å²) in [5, 5.41) is 10.4. The molecular weight excluding hydrogens is 212 g/mol. The van der Waals surface area contributed by atoms with E-state index in [2.05, 4.69) is 9.72 Å². The van der Waals surface area contributed by atoms with Gasteiger partial charge < -0.3 is 4.74 Å². The number of aromatic nitrogens is 1. The van der Waals surface area contributed by atoms with Crippen LogP contribution in [-0.4, -0.2) is 23.3 Å². The van der Waals surface area contributed by atoms with Gasteiger partial charge in [-0.3, -0.25) is 14.9 Å². The van der Waals surface area contributed by atoms with Gasteiger partial charge in [-0.15, -0.1) is 0 Å². The highest BCUT2D eigenvalue weighted by Crippen LogP contribution is 2.28. The summed E-state index contributed by atoms with van der Waals surface area (Å²) in [5.41, 5.74) is -0.432. The molecule has 1 heterocycles. The Kier molecular flexibility index (Phi) is 2.98. The van der Waals surface area contributed by atoms with Crippen molar-refractivity contribution in [3.05, 3.63) is 26.9 Å². The van der Waals surface area contributed by atoms with E-state index in [0.717, 1.165) is 6.07 Å². The Hall–Kier alpha value is -1.69. The molecule has 0 saturated carbocycles. The van der Waals surface area contributed by atoms with Gasteiger partial charge in [-0.05, 0) is 0 Å². The number of nitrogens with zero attached hydrogens (tertiary/aromatic N) is 2. The molecule has 0 atom stereocenters. The Labute approximate surface area is 83.6 Å². The molecule has 0 N–H and O–H groups in total. The number of halogens is 1. The Balaban J connectivity index is 3.39. The number of nitro groups is 1. The Bertz CT molecular complexity index is 394. The second-order valence-corrected chi connectivity index (χ2v) is 2.63. The van der Waals surface area contributed by atoms with Crippen molar-refractivity contribution < 1.29 is 14.5 Å². The van der Waals surface area contributed by atoms with Crippen LogP contribution in [0.3, 0.4) is 0 Å². The van der Waals surface area contributed by atoms with Crippen LogP contribution in [0.15, 0.2) is 6.07 Å². The van der Waals surface area contributed by atoms with Crippen molar-refractivity contribution >= 4 is 23.6 Å². The monoisotopic (exact) mass is 216 g/mol. The molecule has 0 amide bonds. The number of carbonyl (C=O) groups excluding carboxylic acids is 1. The summed E-state index contributed by atoms with van der Waals surface area (Å²) in [7, 11) is 1.23. The maximum absolute atomic E-state index is 10.5. The Morgan fingerprint density at radius 2 is 2.36 bits per heavy atom. The topological polar surface area (TPSA) is 82.3 Å². The average molecular weight is 217 g/mol. The molecule has 0 fully saturated rings. The van der Waals surface area contributed by atoms with Crippen LogP contribution in [0.25, 0.3) is 0 Å². The molecule has 1 aromatic rings. The highest BCUT2D eigenvalue weighted by molar-refractivity contribution is 6.31. The zero-order chi connectivity index (χ0) is 10.7. The number of aldehydes is 1. The van der Waals surface area contributed by atoms with E-state index in [1.807, 2.05) is 0 Å². The van der Waals surface area contributed by atoms with Crippen molar-refractivity contribution in [2.45, 2.75) is 0 Å². The summed E-state index contributed by atoms with van der Waals surface area (Å²) >= 11 is 5.54. The maximum Gasteiger partial charge on any atom is 0.331 e. The van der Waals surface area contributed by atoms with Crippen LogP contribution in [0.5, 0.6) is 5.88 Å². The number of carbonyl (C=O) groups is 1. The van der Waals surface area contributed by atoms with Crippen LogP contribution in [0.4, 0.5) is 5.69 Å². The molecule has 0 aliphatic rings. The molecule has 14 heavy (non-hydrogen) atoms. The quantitative estimate of drug-likeness (QED) is 0.331. The summed E-state index contributed by atoms with van der Waals surface area (Å²) in [6, 6.07) is 1.02. The maximum atomic E-state index is 10.5. The van der Waals surface area contributed by atoms with Crippen LogP contribution in [0.2, 0.25) is 5.15 Å². The summed E-state index contributed by atoms with van der Waals surface area (Å²) in [5.74, 6) is -0.217. The highest BCUT2D eigenvalue weighted by Gasteiger charge is 2.19. The first kappa shape index (κ1) is 10.4. The molecule has 1 rings (SSSR count). The third kappa shape index (κ3) is 1.80. The van der Waals surface area contributed by atoms with Crippen LogP contribution in [0, 0.1) is 10.1 Å². The fraction of sp³-hybridized carbons (Fsp3) is 0.143. The lowest BCUT2D eigenvalue weighted by Gasteiger charge is -2.01. The molecule has 0 saturated heterocycles. The van der Waals surface area contributed by atoms with E-state index < -0.39 is 4.92 Å². The summed E-state index contributed by atoms with van der Waals surface area (Å²) in [4.78, 5) is 23.8. The number of rotatable bonds is 3. The zero-order valence-corrected chi connectivity index (χ0v) is 7.82. The van der Waals surface area contributed by atoms with Crippen LogP contribution in [-0.2, 0) is 0 Å². The molecule has 0 spiro atoms. The first-order chi connectivity index (χ1) is 6.60. The van der Waals surface area contributed by atoms with E-state index in [1.54, 1.807) is 0 Å². The zero-order valence-electron chi connectivity index (χ0n) is 7.06. The molecular formula is C7H5ClN2O4. The normalized spacial score (nSPS) is 9.57. The second-order valence-electron chi connectivity index (χ2n) is 2.27. The minimum absolute atomic E-state index is 0.0424. The minimum Gasteiger partial charge on any atom is -0.476 e. The van der Waals surface area contributed by atoms with Crippen molar-refractivity contribution in [2.24, 2.45) is 0 Å². The standard InChI is InChI=1S/C7H5ClN2O4/c1-14-7-5(10(12)13)2-4(3-11)6(8)9-7/h2-3H,1H3. The summed E-state index contributed by atoms with van der Waals surface area (Å²) in [6.07, 6.45) is 0.391. The molecule has 6 nitrogen and oxygen atoms in total. The minimum atomic E-state index is -0.699. The van der Waals surface area contributed by atoms with Gasteiger partial charge in [-0.1, -0.05) is 11.6 Å².